The van der Waals surface area contributed by atoms with Crippen LogP contribution in [0.4, 0.5) is 0 Å². The molecule has 0 spiro atoms. The molecule has 1 aliphatic rings. The molecule has 0 aromatic heterocycles. The third-order valence-electron chi connectivity index (χ3n) is 2.91. The molecule has 0 aliphatic carbocycles. The number of hydrogen-bond donors (Lipinski definition) is 0. The number of hydrogen-bond acceptors (Lipinski definition) is 3. The van der Waals surface area contributed by atoms with E-state index in [4.69, 9.17) is 16.3 Å². The summed E-state index contributed by atoms with van der Waals surface area (Å²) in [6, 6.07) is 7.81. The molecule has 0 bridgehead atoms. The van der Waals surface area contributed by atoms with Crippen molar-refractivity contribution in [1.82, 2.24) is 0 Å². The van der Waals surface area contributed by atoms with Crippen molar-refractivity contribution in [2.45, 2.75) is 24.0 Å². The van der Waals surface area contributed by atoms with Crippen LogP contribution in [0.3, 0.4) is 0 Å². The van der Waals surface area contributed by atoms with E-state index in [1.807, 2.05) is 24.3 Å². The van der Waals surface area contributed by atoms with Crippen molar-refractivity contribution in [1.29, 1.82) is 0 Å². The Morgan fingerprint density at radius 3 is 2.59 bits per heavy atom. The van der Waals surface area contributed by atoms with Crippen LogP contribution in [0.2, 0.25) is 0 Å². The number of methoxy groups -OCH3 is 1. The molecule has 0 amide bonds. The summed E-state index contributed by atoms with van der Waals surface area (Å²) in [7, 11) is 1.30. The van der Waals surface area contributed by atoms with Crippen LogP contribution in [0, 0.1) is 0 Å². The number of halogens is 2. The van der Waals surface area contributed by atoms with Crippen molar-refractivity contribution in [2.75, 3.05) is 7.11 Å². The maximum Gasteiger partial charge on any atom is 0.357 e. The SMILES string of the molecule is COC(=O)C1(Cl)OC1(C)Cc1ccc(Br)cc1. The second-order valence-electron chi connectivity index (χ2n) is 4.22. The maximum absolute atomic E-state index is 11.5. The molecule has 1 heterocycles. The summed E-state index contributed by atoms with van der Waals surface area (Å²) < 4.78 is 11.0. The molecule has 2 rings (SSSR count). The van der Waals surface area contributed by atoms with E-state index in [9.17, 15) is 4.79 Å². The van der Waals surface area contributed by atoms with E-state index in [0.29, 0.717) is 6.42 Å². The summed E-state index contributed by atoms with van der Waals surface area (Å²) in [5.41, 5.74) is 0.359. The van der Waals surface area contributed by atoms with E-state index in [-0.39, 0.29) is 0 Å². The lowest BCUT2D eigenvalue weighted by Crippen LogP contribution is -2.29. The van der Waals surface area contributed by atoms with Gasteiger partial charge in [0.15, 0.2) is 0 Å². The number of ether oxygens (including phenoxy) is 2. The highest BCUT2D eigenvalue weighted by Gasteiger charge is 2.72. The van der Waals surface area contributed by atoms with E-state index < -0.39 is 16.6 Å². The van der Waals surface area contributed by atoms with Gasteiger partial charge in [-0.15, -0.1) is 0 Å². The van der Waals surface area contributed by atoms with Crippen molar-refractivity contribution in [3.63, 3.8) is 0 Å². The van der Waals surface area contributed by atoms with Crippen molar-refractivity contribution in [3.05, 3.63) is 34.3 Å². The molecule has 0 N–H and O–H groups in total. The van der Waals surface area contributed by atoms with Crippen LogP contribution in [-0.4, -0.2) is 23.7 Å². The molecule has 2 atom stereocenters. The fraction of sp³-hybridized carbons (Fsp3) is 0.417. The van der Waals surface area contributed by atoms with Crippen LogP contribution < -0.4 is 0 Å². The van der Waals surface area contributed by atoms with E-state index in [1.54, 1.807) is 6.92 Å². The molecule has 1 aromatic carbocycles. The highest BCUT2D eigenvalue weighted by atomic mass is 79.9. The smallest absolute Gasteiger partial charge is 0.357 e. The Balaban J connectivity index is 2.11. The maximum atomic E-state index is 11.5. The average Bonchev–Trinajstić information content (AvgIpc) is 2.85. The standard InChI is InChI=1S/C12H12BrClO3/c1-11(12(14,17-11)10(15)16-2)7-8-3-5-9(13)6-4-8/h3-6H,7H2,1-2H3. The van der Waals surface area contributed by atoms with E-state index >= 15 is 0 Å². The van der Waals surface area contributed by atoms with Crippen LogP contribution in [-0.2, 0) is 20.7 Å². The van der Waals surface area contributed by atoms with Crippen LogP contribution in [0.25, 0.3) is 0 Å². The Kier molecular flexibility index (Phi) is 3.23. The Hall–Kier alpha value is -0.580. The number of alkyl halides is 1. The number of epoxide rings is 1. The van der Waals surface area contributed by atoms with Gasteiger partial charge >= 0.3 is 5.97 Å². The minimum atomic E-state index is -1.34. The lowest BCUT2D eigenvalue weighted by atomic mass is 9.97. The van der Waals surface area contributed by atoms with Gasteiger partial charge in [-0.1, -0.05) is 39.7 Å². The van der Waals surface area contributed by atoms with Gasteiger partial charge in [-0.25, -0.2) is 4.79 Å². The normalized spacial score (nSPS) is 31.1. The van der Waals surface area contributed by atoms with Gasteiger partial charge in [-0.3, -0.25) is 0 Å². The van der Waals surface area contributed by atoms with Crippen LogP contribution in [0.1, 0.15) is 12.5 Å². The summed E-state index contributed by atoms with van der Waals surface area (Å²) in [5.74, 6) is -0.543. The number of rotatable bonds is 3. The van der Waals surface area contributed by atoms with E-state index in [2.05, 4.69) is 20.7 Å². The van der Waals surface area contributed by atoms with Crippen molar-refractivity contribution in [2.24, 2.45) is 0 Å². The number of benzene rings is 1. The fourth-order valence-electron chi connectivity index (χ4n) is 1.82. The lowest BCUT2D eigenvalue weighted by Gasteiger charge is -2.09. The lowest BCUT2D eigenvalue weighted by molar-refractivity contribution is -0.143. The Morgan fingerprint density at radius 2 is 2.06 bits per heavy atom. The second kappa shape index (κ2) is 4.26. The molecule has 1 fully saturated rings. The minimum absolute atomic E-state index is 0.543. The van der Waals surface area contributed by atoms with Crippen molar-refractivity contribution in [3.8, 4) is 0 Å². The van der Waals surface area contributed by atoms with E-state index in [1.165, 1.54) is 7.11 Å². The van der Waals surface area contributed by atoms with Gasteiger partial charge < -0.3 is 9.47 Å². The molecule has 92 valence electrons. The first-order valence-electron chi connectivity index (χ1n) is 5.13. The zero-order valence-electron chi connectivity index (χ0n) is 9.50. The predicted molar refractivity (Wildman–Crippen MR) is 67.9 cm³/mol. The summed E-state index contributed by atoms with van der Waals surface area (Å²) >= 11 is 9.44. The highest BCUT2D eigenvalue weighted by molar-refractivity contribution is 9.10. The molecule has 1 aromatic rings. The first-order valence-corrected chi connectivity index (χ1v) is 6.30. The molecule has 2 unspecified atom stereocenters. The molecule has 0 radical (unpaired) electrons. The van der Waals surface area contributed by atoms with Crippen molar-refractivity contribution < 1.29 is 14.3 Å². The molecule has 17 heavy (non-hydrogen) atoms. The van der Waals surface area contributed by atoms with Gasteiger partial charge in [0.1, 0.15) is 5.60 Å². The summed E-state index contributed by atoms with van der Waals surface area (Å²) in [4.78, 5) is 11.5. The summed E-state index contributed by atoms with van der Waals surface area (Å²) in [6.07, 6.45) is 0.568. The van der Waals surface area contributed by atoms with Crippen LogP contribution in [0.15, 0.2) is 28.7 Å². The van der Waals surface area contributed by atoms with Crippen molar-refractivity contribution >= 4 is 33.5 Å². The Labute approximate surface area is 113 Å². The third kappa shape index (κ3) is 2.21. The monoisotopic (exact) mass is 318 g/mol. The molecule has 0 saturated carbocycles. The van der Waals surface area contributed by atoms with Gasteiger partial charge in [-0.05, 0) is 24.6 Å². The van der Waals surface area contributed by atoms with Gasteiger partial charge in [0.25, 0.3) is 5.06 Å². The van der Waals surface area contributed by atoms with Crippen LogP contribution in [0.5, 0.6) is 0 Å². The quantitative estimate of drug-likeness (QED) is 0.488. The zero-order valence-corrected chi connectivity index (χ0v) is 11.8. The predicted octanol–water partition coefficient (Wildman–Crippen LogP) is 2.89. The molecular formula is C12H12BrClO3. The number of carbonyl (C=O) groups excluding carboxylic acids is 1. The molecule has 1 aliphatic heterocycles. The molecule has 1 saturated heterocycles. The summed E-state index contributed by atoms with van der Waals surface area (Å²) in [5, 5.41) is -1.34. The number of esters is 1. The molecule has 3 nitrogen and oxygen atoms in total. The first kappa shape index (κ1) is 12.9. The fourth-order valence-corrected chi connectivity index (χ4v) is 2.39. The molecular weight excluding hydrogens is 307 g/mol. The van der Waals surface area contributed by atoms with Gasteiger partial charge in [0, 0.05) is 10.9 Å². The zero-order chi connectivity index (χ0) is 12.7. The third-order valence-corrected chi connectivity index (χ3v) is 4.07. The largest absolute Gasteiger partial charge is 0.466 e. The minimum Gasteiger partial charge on any atom is -0.466 e. The van der Waals surface area contributed by atoms with Crippen LogP contribution >= 0.6 is 27.5 Å². The average molecular weight is 320 g/mol. The Bertz CT molecular complexity index is 448. The summed E-state index contributed by atoms with van der Waals surface area (Å²) in [6.45, 7) is 1.80. The molecule has 5 heteroatoms. The highest BCUT2D eigenvalue weighted by Crippen LogP contribution is 2.53. The number of carbonyl (C=O) groups is 1. The van der Waals surface area contributed by atoms with Gasteiger partial charge in [0.05, 0.1) is 7.11 Å². The second-order valence-corrected chi connectivity index (χ2v) is 5.67. The topological polar surface area (TPSA) is 38.8 Å². The van der Waals surface area contributed by atoms with Gasteiger partial charge in [-0.2, -0.15) is 0 Å². The first-order chi connectivity index (χ1) is 7.91. The Morgan fingerprint density at radius 1 is 1.47 bits per heavy atom. The van der Waals surface area contributed by atoms with Gasteiger partial charge in [0.2, 0.25) is 0 Å². The van der Waals surface area contributed by atoms with E-state index in [0.717, 1.165) is 10.0 Å².